The summed E-state index contributed by atoms with van der Waals surface area (Å²) in [6.07, 6.45) is 0.162. The van der Waals surface area contributed by atoms with Crippen LogP contribution in [-0.4, -0.2) is 61.3 Å². The molecular weight excluding hydrogens is 336 g/mol. The topological polar surface area (TPSA) is 76.0 Å². The molecule has 6 nitrogen and oxygen atoms in total. The molecular formula is C15H18N2O4S2. The summed E-state index contributed by atoms with van der Waals surface area (Å²) < 4.78 is 28.6. The molecule has 0 N–H and O–H groups in total. The molecule has 0 bridgehead atoms. The Balaban J connectivity index is 1.72. The maximum atomic E-state index is 12.2. The Morgan fingerprint density at radius 3 is 2.83 bits per heavy atom. The quantitative estimate of drug-likeness (QED) is 0.805. The zero-order valence-electron chi connectivity index (χ0n) is 12.9. The number of amidine groups is 1. The average Bonchev–Trinajstić information content (AvgIpc) is 2.93. The van der Waals surface area contributed by atoms with Gasteiger partial charge in [-0.3, -0.25) is 4.79 Å². The molecule has 0 unspecified atom stereocenters. The van der Waals surface area contributed by atoms with Gasteiger partial charge in [-0.05, 0) is 6.07 Å². The summed E-state index contributed by atoms with van der Waals surface area (Å²) in [5.74, 6) is 0.705. The lowest BCUT2D eigenvalue weighted by atomic mass is 10.1. The van der Waals surface area contributed by atoms with Crippen LogP contribution in [0.1, 0.15) is 5.56 Å². The van der Waals surface area contributed by atoms with Crippen molar-refractivity contribution >= 4 is 32.7 Å². The lowest BCUT2D eigenvalue weighted by Crippen LogP contribution is -2.34. The number of methoxy groups -OCH3 is 1. The fourth-order valence-corrected chi connectivity index (χ4v) is 6.91. The molecule has 3 rings (SSSR count). The van der Waals surface area contributed by atoms with Crippen LogP contribution in [0, 0.1) is 0 Å². The van der Waals surface area contributed by atoms with E-state index < -0.39 is 9.84 Å². The Morgan fingerprint density at radius 1 is 1.39 bits per heavy atom. The van der Waals surface area contributed by atoms with Gasteiger partial charge in [0.1, 0.15) is 5.75 Å². The van der Waals surface area contributed by atoms with Crippen molar-refractivity contribution < 1.29 is 17.9 Å². The van der Waals surface area contributed by atoms with Gasteiger partial charge in [0.15, 0.2) is 15.0 Å². The summed E-state index contributed by atoms with van der Waals surface area (Å²) in [4.78, 5) is 18.2. The molecule has 0 aliphatic carbocycles. The smallest absolute Gasteiger partial charge is 0.252 e. The van der Waals surface area contributed by atoms with Crippen molar-refractivity contribution in [2.24, 2.45) is 4.99 Å². The van der Waals surface area contributed by atoms with Gasteiger partial charge < -0.3 is 9.64 Å². The highest BCUT2D eigenvalue weighted by molar-refractivity contribution is 8.15. The molecule has 2 saturated heterocycles. The van der Waals surface area contributed by atoms with E-state index in [1.165, 1.54) is 11.8 Å². The van der Waals surface area contributed by atoms with Crippen molar-refractivity contribution in [1.29, 1.82) is 0 Å². The van der Waals surface area contributed by atoms with Crippen molar-refractivity contribution in [3.8, 4) is 5.75 Å². The predicted molar refractivity (Wildman–Crippen MR) is 90.7 cm³/mol. The fraction of sp³-hybridized carbons (Fsp3) is 0.467. The van der Waals surface area contributed by atoms with Gasteiger partial charge in [0.2, 0.25) is 0 Å². The fourth-order valence-electron chi connectivity index (χ4n) is 2.89. The van der Waals surface area contributed by atoms with Gasteiger partial charge >= 0.3 is 0 Å². The number of fused-ring (bicyclic) bond motifs is 1. The highest BCUT2D eigenvalue weighted by Gasteiger charge is 2.47. The highest BCUT2D eigenvalue weighted by atomic mass is 32.2. The lowest BCUT2D eigenvalue weighted by molar-refractivity contribution is -0.117. The van der Waals surface area contributed by atoms with Crippen LogP contribution in [0.4, 0.5) is 0 Å². The molecule has 8 heteroatoms. The summed E-state index contributed by atoms with van der Waals surface area (Å²) in [5, 5.41) is 0.581. The Morgan fingerprint density at radius 2 is 2.13 bits per heavy atom. The number of amides is 1. The summed E-state index contributed by atoms with van der Waals surface area (Å²) in [7, 11) is 0.399. The molecule has 0 aromatic heterocycles. The first kappa shape index (κ1) is 16.3. The SMILES string of the molecule is COc1ccccc1CC(=O)N=C1S[C@H]2CS(=O)(=O)C[C@@H]2N1C. The van der Waals surface area contributed by atoms with E-state index in [0.717, 1.165) is 5.56 Å². The molecule has 2 heterocycles. The predicted octanol–water partition coefficient (Wildman–Crippen LogP) is 0.964. The van der Waals surface area contributed by atoms with Gasteiger partial charge in [-0.15, -0.1) is 0 Å². The van der Waals surface area contributed by atoms with Crippen LogP contribution in [0.5, 0.6) is 5.75 Å². The van der Waals surface area contributed by atoms with Crippen LogP contribution in [-0.2, 0) is 21.1 Å². The molecule has 2 aliphatic heterocycles. The molecule has 23 heavy (non-hydrogen) atoms. The molecule has 2 atom stereocenters. The Kier molecular flexibility index (Phi) is 4.37. The molecule has 0 saturated carbocycles. The van der Waals surface area contributed by atoms with E-state index in [1.54, 1.807) is 20.2 Å². The number of carbonyl (C=O) groups is 1. The first-order valence-corrected chi connectivity index (χ1v) is 9.93. The first-order valence-electron chi connectivity index (χ1n) is 7.23. The van der Waals surface area contributed by atoms with E-state index in [2.05, 4.69) is 4.99 Å². The Labute approximate surface area is 139 Å². The molecule has 2 aliphatic rings. The molecule has 124 valence electrons. The summed E-state index contributed by atoms with van der Waals surface area (Å²) in [6.45, 7) is 0. The minimum Gasteiger partial charge on any atom is -0.496 e. The van der Waals surface area contributed by atoms with E-state index in [1.807, 2.05) is 23.1 Å². The second-order valence-corrected chi connectivity index (χ2v) is 9.05. The van der Waals surface area contributed by atoms with Gasteiger partial charge in [-0.25, -0.2) is 8.42 Å². The zero-order valence-corrected chi connectivity index (χ0v) is 14.6. The third-order valence-electron chi connectivity index (χ3n) is 4.08. The number of aliphatic imine (C=N–C) groups is 1. The number of carbonyl (C=O) groups excluding carboxylic acids is 1. The van der Waals surface area contributed by atoms with E-state index in [4.69, 9.17) is 4.74 Å². The molecule has 2 fully saturated rings. The van der Waals surface area contributed by atoms with Crippen LogP contribution in [0.3, 0.4) is 0 Å². The minimum absolute atomic E-state index is 0.0252. The number of para-hydroxylation sites is 1. The van der Waals surface area contributed by atoms with Gasteiger partial charge in [0.25, 0.3) is 5.91 Å². The third kappa shape index (κ3) is 3.37. The standard InChI is InChI=1S/C15H18N2O4S2/c1-17-11-8-23(19,20)9-13(11)22-15(17)16-14(18)7-10-5-3-4-6-12(10)21-2/h3-6,11,13H,7-9H2,1-2H3/t11-,13-/m0/s1. The number of rotatable bonds is 3. The van der Waals surface area contributed by atoms with Gasteiger partial charge in [0, 0.05) is 17.9 Å². The van der Waals surface area contributed by atoms with Crippen molar-refractivity contribution in [3.63, 3.8) is 0 Å². The number of thioether (sulfide) groups is 1. The van der Waals surface area contributed by atoms with E-state index in [-0.39, 0.29) is 35.1 Å². The van der Waals surface area contributed by atoms with Gasteiger partial charge in [-0.2, -0.15) is 4.99 Å². The number of sulfone groups is 1. The number of hydrogen-bond acceptors (Lipinski definition) is 5. The summed E-state index contributed by atoms with van der Waals surface area (Å²) >= 11 is 1.39. The Hall–Kier alpha value is -1.54. The molecule has 0 radical (unpaired) electrons. The highest BCUT2D eigenvalue weighted by Crippen LogP contribution is 2.37. The summed E-state index contributed by atoms with van der Waals surface area (Å²) in [6, 6.07) is 7.26. The van der Waals surface area contributed by atoms with Crippen molar-refractivity contribution in [2.45, 2.75) is 17.7 Å². The normalized spacial score (nSPS) is 27.2. The Bertz CT molecular complexity index is 760. The van der Waals surface area contributed by atoms with Gasteiger partial charge in [0.05, 0.1) is 31.1 Å². The van der Waals surface area contributed by atoms with Crippen LogP contribution in [0.15, 0.2) is 29.3 Å². The third-order valence-corrected chi connectivity index (χ3v) is 7.38. The van der Waals surface area contributed by atoms with Crippen molar-refractivity contribution in [3.05, 3.63) is 29.8 Å². The maximum Gasteiger partial charge on any atom is 0.252 e. The lowest BCUT2D eigenvalue weighted by Gasteiger charge is -2.17. The van der Waals surface area contributed by atoms with E-state index >= 15 is 0 Å². The van der Waals surface area contributed by atoms with Crippen LogP contribution < -0.4 is 4.74 Å². The molecule has 1 aromatic carbocycles. The zero-order chi connectivity index (χ0) is 16.6. The molecule has 0 spiro atoms. The first-order chi connectivity index (χ1) is 10.9. The number of hydrogen-bond donors (Lipinski definition) is 0. The largest absolute Gasteiger partial charge is 0.496 e. The van der Waals surface area contributed by atoms with E-state index in [9.17, 15) is 13.2 Å². The van der Waals surface area contributed by atoms with Crippen LogP contribution in [0.25, 0.3) is 0 Å². The second-order valence-electron chi connectivity index (χ2n) is 5.69. The number of ether oxygens (including phenoxy) is 1. The second kappa shape index (κ2) is 6.16. The van der Waals surface area contributed by atoms with E-state index in [0.29, 0.717) is 10.9 Å². The number of nitrogens with zero attached hydrogens (tertiary/aromatic N) is 2. The monoisotopic (exact) mass is 354 g/mol. The summed E-state index contributed by atoms with van der Waals surface area (Å²) in [5.41, 5.74) is 0.790. The minimum atomic E-state index is -2.97. The van der Waals surface area contributed by atoms with Gasteiger partial charge in [-0.1, -0.05) is 30.0 Å². The number of benzene rings is 1. The molecule has 1 amide bonds. The van der Waals surface area contributed by atoms with Crippen LogP contribution >= 0.6 is 11.8 Å². The average molecular weight is 354 g/mol. The van der Waals surface area contributed by atoms with Crippen LogP contribution in [0.2, 0.25) is 0 Å². The maximum absolute atomic E-state index is 12.2. The van der Waals surface area contributed by atoms with Crippen molar-refractivity contribution in [1.82, 2.24) is 4.90 Å². The van der Waals surface area contributed by atoms with Crippen molar-refractivity contribution in [2.75, 3.05) is 25.7 Å². The molecule has 1 aromatic rings.